The van der Waals surface area contributed by atoms with Crippen LogP contribution in [0.5, 0.6) is 0 Å². The van der Waals surface area contributed by atoms with Crippen LogP contribution in [0.25, 0.3) is 5.65 Å². The first-order valence-electron chi connectivity index (χ1n) is 9.90. The van der Waals surface area contributed by atoms with E-state index in [2.05, 4.69) is 34.1 Å². The standard InChI is InChI=1S/C22H25FN4O/c23-21-20(24-19-11-4-5-15-27(19)21)22(28)26-14-7-13-25(16-17-26)12-6-10-18-8-2-1-3-9-18/h1-5,8-9,11,15H,6-7,10,12-14,16-17H2. The first-order chi connectivity index (χ1) is 13.7. The molecule has 3 aromatic rings. The highest BCUT2D eigenvalue weighted by molar-refractivity contribution is 5.93. The third-order valence-electron chi connectivity index (χ3n) is 5.33. The zero-order chi connectivity index (χ0) is 19.3. The van der Waals surface area contributed by atoms with Gasteiger partial charge < -0.3 is 9.80 Å². The van der Waals surface area contributed by atoms with Crippen molar-refractivity contribution in [1.29, 1.82) is 0 Å². The number of fused-ring (bicyclic) bond motifs is 1. The lowest BCUT2D eigenvalue weighted by atomic mass is 10.1. The van der Waals surface area contributed by atoms with Crippen LogP contribution in [0.15, 0.2) is 54.7 Å². The van der Waals surface area contributed by atoms with Crippen molar-refractivity contribution in [2.45, 2.75) is 19.3 Å². The highest BCUT2D eigenvalue weighted by Crippen LogP contribution is 2.15. The van der Waals surface area contributed by atoms with Crippen LogP contribution in [0.4, 0.5) is 4.39 Å². The fraction of sp³-hybridized carbons (Fsp3) is 0.364. The third-order valence-corrected chi connectivity index (χ3v) is 5.33. The Labute approximate surface area is 164 Å². The van der Waals surface area contributed by atoms with Gasteiger partial charge in [0, 0.05) is 25.8 Å². The number of rotatable bonds is 5. The summed E-state index contributed by atoms with van der Waals surface area (Å²) >= 11 is 0. The Kier molecular flexibility index (Phi) is 5.67. The maximum atomic E-state index is 14.6. The average Bonchev–Trinajstić information content (AvgIpc) is 2.90. The van der Waals surface area contributed by atoms with Crippen molar-refractivity contribution in [3.05, 3.63) is 71.9 Å². The summed E-state index contributed by atoms with van der Waals surface area (Å²) in [5.74, 6) is -0.892. The number of benzene rings is 1. The van der Waals surface area contributed by atoms with Crippen LogP contribution in [-0.2, 0) is 6.42 Å². The number of pyridine rings is 1. The van der Waals surface area contributed by atoms with Crippen LogP contribution in [0.2, 0.25) is 0 Å². The monoisotopic (exact) mass is 380 g/mol. The Bertz CT molecular complexity index is 940. The van der Waals surface area contributed by atoms with Crippen molar-refractivity contribution >= 4 is 11.6 Å². The molecule has 2 aromatic heterocycles. The van der Waals surface area contributed by atoms with E-state index in [1.54, 1.807) is 29.3 Å². The van der Waals surface area contributed by atoms with Gasteiger partial charge in [0.05, 0.1) is 0 Å². The van der Waals surface area contributed by atoms with Gasteiger partial charge in [-0.25, -0.2) is 4.98 Å². The van der Waals surface area contributed by atoms with Gasteiger partial charge in [0.1, 0.15) is 5.65 Å². The van der Waals surface area contributed by atoms with Crippen LogP contribution >= 0.6 is 0 Å². The van der Waals surface area contributed by atoms with Gasteiger partial charge in [0.2, 0.25) is 5.95 Å². The maximum absolute atomic E-state index is 14.6. The van der Waals surface area contributed by atoms with Crippen LogP contribution in [0.3, 0.4) is 0 Å². The molecular weight excluding hydrogens is 355 g/mol. The molecule has 28 heavy (non-hydrogen) atoms. The van der Waals surface area contributed by atoms with E-state index >= 15 is 0 Å². The lowest BCUT2D eigenvalue weighted by molar-refractivity contribution is 0.0751. The molecule has 0 saturated carbocycles. The number of halogens is 1. The van der Waals surface area contributed by atoms with Crippen LogP contribution < -0.4 is 0 Å². The minimum atomic E-state index is -0.579. The maximum Gasteiger partial charge on any atom is 0.277 e. The summed E-state index contributed by atoms with van der Waals surface area (Å²) in [6.45, 7) is 4.04. The Morgan fingerprint density at radius 3 is 2.64 bits per heavy atom. The normalized spacial score (nSPS) is 15.7. The summed E-state index contributed by atoms with van der Waals surface area (Å²) in [5, 5.41) is 0. The number of aromatic nitrogens is 2. The largest absolute Gasteiger partial charge is 0.336 e. The van der Waals surface area contributed by atoms with Gasteiger partial charge in [-0.2, -0.15) is 4.39 Å². The van der Waals surface area contributed by atoms with Gasteiger partial charge in [0.25, 0.3) is 5.91 Å². The van der Waals surface area contributed by atoms with Crippen LogP contribution in [0.1, 0.15) is 28.9 Å². The lowest BCUT2D eigenvalue weighted by Crippen LogP contribution is -2.36. The number of carbonyl (C=O) groups is 1. The Hall–Kier alpha value is -2.73. The number of aryl methyl sites for hydroxylation is 1. The number of hydrogen-bond acceptors (Lipinski definition) is 3. The molecule has 1 fully saturated rings. The molecule has 0 spiro atoms. The molecule has 146 valence electrons. The van der Waals surface area contributed by atoms with E-state index in [0.717, 1.165) is 38.9 Å². The zero-order valence-electron chi connectivity index (χ0n) is 15.9. The number of imidazole rings is 1. The molecule has 1 amide bonds. The third kappa shape index (κ3) is 4.07. The molecule has 1 aromatic carbocycles. The molecule has 4 rings (SSSR count). The highest BCUT2D eigenvalue weighted by atomic mass is 19.1. The van der Waals surface area contributed by atoms with Gasteiger partial charge in [-0.05, 0) is 50.0 Å². The second kappa shape index (κ2) is 8.52. The average molecular weight is 380 g/mol. The number of carbonyl (C=O) groups excluding carboxylic acids is 1. The van der Waals surface area contributed by atoms with Crippen molar-refractivity contribution < 1.29 is 9.18 Å². The van der Waals surface area contributed by atoms with E-state index in [4.69, 9.17) is 0 Å². The van der Waals surface area contributed by atoms with Crippen molar-refractivity contribution in [3.63, 3.8) is 0 Å². The Morgan fingerprint density at radius 1 is 1.00 bits per heavy atom. The Balaban J connectivity index is 1.34. The molecule has 0 atom stereocenters. The summed E-state index contributed by atoms with van der Waals surface area (Å²) in [6, 6.07) is 15.7. The fourth-order valence-corrected chi connectivity index (χ4v) is 3.80. The summed E-state index contributed by atoms with van der Waals surface area (Å²) < 4.78 is 15.9. The fourth-order valence-electron chi connectivity index (χ4n) is 3.80. The molecule has 3 heterocycles. The molecule has 1 aliphatic heterocycles. The first kappa shape index (κ1) is 18.6. The van der Waals surface area contributed by atoms with E-state index in [0.29, 0.717) is 18.7 Å². The molecule has 1 saturated heterocycles. The molecule has 0 aliphatic carbocycles. The molecule has 0 bridgehead atoms. The summed E-state index contributed by atoms with van der Waals surface area (Å²) in [6.07, 6.45) is 4.64. The van der Waals surface area contributed by atoms with Crippen molar-refractivity contribution in [3.8, 4) is 0 Å². The minimum Gasteiger partial charge on any atom is -0.336 e. The van der Waals surface area contributed by atoms with Crippen LogP contribution in [0, 0.1) is 5.95 Å². The molecule has 0 unspecified atom stereocenters. The molecule has 0 N–H and O–H groups in total. The van der Waals surface area contributed by atoms with E-state index in [1.165, 1.54) is 9.96 Å². The molecule has 6 heteroatoms. The molecule has 0 radical (unpaired) electrons. The van der Waals surface area contributed by atoms with Crippen molar-refractivity contribution in [1.82, 2.24) is 19.2 Å². The topological polar surface area (TPSA) is 40.9 Å². The van der Waals surface area contributed by atoms with Crippen molar-refractivity contribution in [2.24, 2.45) is 0 Å². The van der Waals surface area contributed by atoms with E-state index in [-0.39, 0.29) is 11.6 Å². The summed E-state index contributed by atoms with van der Waals surface area (Å²) in [7, 11) is 0. The van der Waals surface area contributed by atoms with Gasteiger partial charge in [-0.15, -0.1) is 0 Å². The molecule has 1 aliphatic rings. The van der Waals surface area contributed by atoms with Crippen molar-refractivity contribution in [2.75, 3.05) is 32.7 Å². The predicted octanol–water partition coefficient (Wildman–Crippen LogP) is 3.25. The zero-order valence-corrected chi connectivity index (χ0v) is 15.9. The lowest BCUT2D eigenvalue weighted by Gasteiger charge is -2.21. The Morgan fingerprint density at radius 2 is 1.82 bits per heavy atom. The van der Waals surface area contributed by atoms with Gasteiger partial charge >= 0.3 is 0 Å². The summed E-state index contributed by atoms with van der Waals surface area (Å²) in [5.41, 5.74) is 1.74. The molecular formula is C22H25FN4O. The first-order valence-corrected chi connectivity index (χ1v) is 9.90. The number of nitrogens with zero attached hydrogens (tertiary/aromatic N) is 4. The van der Waals surface area contributed by atoms with Gasteiger partial charge in [-0.3, -0.25) is 9.20 Å². The second-order valence-corrected chi connectivity index (χ2v) is 7.26. The van der Waals surface area contributed by atoms with E-state index < -0.39 is 5.95 Å². The number of amides is 1. The van der Waals surface area contributed by atoms with E-state index in [1.807, 2.05) is 6.07 Å². The predicted molar refractivity (Wildman–Crippen MR) is 107 cm³/mol. The van der Waals surface area contributed by atoms with E-state index in [9.17, 15) is 9.18 Å². The van der Waals surface area contributed by atoms with Gasteiger partial charge in [0.15, 0.2) is 5.69 Å². The summed E-state index contributed by atoms with van der Waals surface area (Å²) in [4.78, 5) is 21.2. The molecule has 5 nitrogen and oxygen atoms in total. The number of hydrogen-bond donors (Lipinski definition) is 0. The quantitative estimate of drug-likeness (QED) is 0.682. The van der Waals surface area contributed by atoms with Gasteiger partial charge in [-0.1, -0.05) is 36.4 Å². The minimum absolute atomic E-state index is 0.0799. The highest BCUT2D eigenvalue weighted by Gasteiger charge is 2.26. The second-order valence-electron chi connectivity index (χ2n) is 7.26. The van der Waals surface area contributed by atoms with Crippen LogP contribution in [-0.4, -0.2) is 57.8 Å². The smallest absolute Gasteiger partial charge is 0.277 e. The SMILES string of the molecule is O=C(c1nc2ccccn2c1F)N1CCCN(CCCc2ccccc2)CC1.